The van der Waals surface area contributed by atoms with Gasteiger partial charge in [0.2, 0.25) is 0 Å². The number of nitrogens with two attached hydrogens (primary N) is 1. The van der Waals surface area contributed by atoms with E-state index in [0.717, 1.165) is 16.3 Å². The van der Waals surface area contributed by atoms with E-state index in [2.05, 4.69) is 9.97 Å². The predicted molar refractivity (Wildman–Crippen MR) is 126 cm³/mol. The van der Waals surface area contributed by atoms with Gasteiger partial charge in [-0.3, -0.25) is 24.0 Å². The molecule has 1 amide bonds. The highest BCUT2D eigenvalue weighted by atomic mass is 32.1. The van der Waals surface area contributed by atoms with Gasteiger partial charge in [0.1, 0.15) is 10.8 Å². The molecule has 0 bridgehead atoms. The number of benzene rings is 1. The van der Waals surface area contributed by atoms with E-state index in [0.29, 0.717) is 12.1 Å². The molecule has 10 heteroatoms. The van der Waals surface area contributed by atoms with Gasteiger partial charge in [0.05, 0.1) is 6.61 Å². The lowest BCUT2D eigenvalue weighted by Crippen LogP contribution is -2.42. The summed E-state index contributed by atoms with van der Waals surface area (Å²) in [5.41, 5.74) is 7.04. The zero-order chi connectivity index (χ0) is 23.4. The average Bonchev–Trinajstić information content (AvgIpc) is 3.19. The SMILES string of the molecule is COCCN(C(=O)c1ccc(-c2nc(C)cs2)cc1)c1c(N)n(CC(C)C)c(=O)[nH]c1=O. The fourth-order valence-corrected chi connectivity index (χ4v) is 4.08. The summed E-state index contributed by atoms with van der Waals surface area (Å²) in [6, 6.07) is 6.99. The number of ether oxygens (including phenoxy) is 1. The first-order valence-electron chi connectivity index (χ1n) is 10.2. The van der Waals surface area contributed by atoms with Crippen molar-refractivity contribution in [3.05, 3.63) is 61.7 Å². The normalized spacial score (nSPS) is 11.2. The van der Waals surface area contributed by atoms with Crippen molar-refractivity contribution in [2.45, 2.75) is 27.3 Å². The number of hydrogen-bond donors (Lipinski definition) is 2. The van der Waals surface area contributed by atoms with Gasteiger partial charge in [-0.15, -0.1) is 11.3 Å². The number of rotatable bonds is 8. The first kappa shape index (κ1) is 23.4. The third-order valence-corrected chi connectivity index (χ3v) is 5.80. The molecule has 0 atom stereocenters. The summed E-state index contributed by atoms with van der Waals surface area (Å²) < 4.78 is 6.42. The van der Waals surface area contributed by atoms with E-state index in [1.54, 1.807) is 12.1 Å². The third-order valence-electron chi connectivity index (χ3n) is 4.79. The van der Waals surface area contributed by atoms with E-state index in [-0.39, 0.29) is 30.6 Å². The number of carbonyl (C=O) groups excluding carboxylic acids is 1. The monoisotopic (exact) mass is 457 g/mol. The number of nitrogens with zero attached hydrogens (tertiary/aromatic N) is 3. The highest BCUT2D eigenvalue weighted by Gasteiger charge is 2.25. The second-order valence-electron chi connectivity index (χ2n) is 7.82. The molecular weight excluding hydrogens is 430 g/mol. The van der Waals surface area contributed by atoms with Crippen molar-refractivity contribution in [3.8, 4) is 10.6 Å². The van der Waals surface area contributed by atoms with Crippen LogP contribution in [0.4, 0.5) is 11.5 Å². The number of anilines is 2. The fraction of sp³-hybridized carbons (Fsp3) is 0.364. The maximum absolute atomic E-state index is 13.4. The smallest absolute Gasteiger partial charge is 0.330 e. The van der Waals surface area contributed by atoms with Crippen LogP contribution < -0.4 is 21.9 Å². The number of carbonyl (C=O) groups is 1. The molecule has 0 saturated carbocycles. The highest BCUT2D eigenvalue weighted by Crippen LogP contribution is 2.25. The summed E-state index contributed by atoms with van der Waals surface area (Å²) in [4.78, 5) is 46.4. The van der Waals surface area contributed by atoms with Gasteiger partial charge in [-0.25, -0.2) is 9.78 Å². The van der Waals surface area contributed by atoms with Gasteiger partial charge in [0, 0.05) is 42.4 Å². The summed E-state index contributed by atoms with van der Waals surface area (Å²) >= 11 is 1.53. The molecule has 3 aromatic rings. The molecule has 2 aromatic heterocycles. The Hall–Kier alpha value is -3.24. The first-order chi connectivity index (χ1) is 15.2. The Morgan fingerprint density at radius 1 is 1.28 bits per heavy atom. The molecule has 32 heavy (non-hydrogen) atoms. The number of nitrogen functional groups attached to an aromatic ring is 1. The molecule has 0 aliphatic rings. The van der Waals surface area contributed by atoms with Crippen LogP contribution in [-0.2, 0) is 11.3 Å². The van der Waals surface area contributed by atoms with E-state index in [1.165, 1.54) is 27.9 Å². The van der Waals surface area contributed by atoms with Crippen molar-refractivity contribution >= 4 is 28.7 Å². The van der Waals surface area contributed by atoms with Gasteiger partial charge in [-0.05, 0) is 25.0 Å². The fourth-order valence-electron chi connectivity index (χ4n) is 3.28. The van der Waals surface area contributed by atoms with Crippen LogP contribution in [0.1, 0.15) is 29.9 Å². The summed E-state index contributed by atoms with van der Waals surface area (Å²) in [5, 5.41) is 2.82. The molecule has 2 heterocycles. The molecule has 0 fully saturated rings. The maximum Gasteiger partial charge on any atom is 0.330 e. The van der Waals surface area contributed by atoms with Crippen LogP contribution in [0, 0.1) is 12.8 Å². The molecular formula is C22H27N5O4S. The van der Waals surface area contributed by atoms with Crippen LogP contribution in [0.15, 0.2) is 39.2 Å². The number of thiazole rings is 1. The second-order valence-corrected chi connectivity index (χ2v) is 8.68. The van der Waals surface area contributed by atoms with E-state index < -0.39 is 17.2 Å². The van der Waals surface area contributed by atoms with Crippen molar-refractivity contribution in [1.29, 1.82) is 0 Å². The molecule has 0 saturated heterocycles. The number of nitrogens with one attached hydrogen (secondary N) is 1. The van der Waals surface area contributed by atoms with Crippen molar-refractivity contribution < 1.29 is 9.53 Å². The number of aryl methyl sites for hydroxylation is 1. The summed E-state index contributed by atoms with van der Waals surface area (Å²) in [7, 11) is 1.50. The van der Waals surface area contributed by atoms with Crippen LogP contribution in [0.2, 0.25) is 0 Å². The Balaban J connectivity index is 2.02. The molecule has 0 spiro atoms. The van der Waals surface area contributed by atoms with Crippen LogP contribution in [0.25, 0.3) is 10.6 Å². The first-order valence-corrected chi connectivity index (χ1v) is 11.1. The Bertz CT molecular complexity index is 1210. The molecule has 170 valence electrons. The number of methoxy groups -OCH3 is 1. The largest absolute Gasteiger partial charge is 0.383 e. The molecule has 3 N–H and O–H groups in total. The van der Waals surface area contributed by atoms with Crippen molar-refractivity contribution in [2.75, 3.05) is 30.9 Å². The summed E-state index contributed by atoms with van der Waals surface area (Å²) in [5.74, 6) is -0.360. The van der Waals surface area contributed by atoms with E-state index in [9.17, 15) is 14.4 Å². The van der Waals surface area contributed by atoms with Gasteiger partial charge in [-0.1, -0.05) is 26.0 Å². The molecule has 3 rings (SSSR count). The Labute approximate surface area is 189 Å². The lowest BCUT2D eigenvalue weighted by Gasteiger charge is -2.24. The third kappa shape index (κ3) is 4.97. The molecule has 0 aliphatic carbocycles. The van der Waals surface area contributed by atoms with E-state index >= 15 is 0 Å². The number of H-pyrrole nitrogens is 1. The zero-order valence-corrected chi connectivity index (χ0v) is 19.4. The molecule has 0 aliphatic heterocycles. The molecule has 1 aromatic carbocycles. The number of amides is 1. The maximum atomic E-state index is 13.4. The standard InChI is InChI=1S/C22H27N5O4S/c1-13(2)11-27-18(23)17(19(28)25-22(27)30)26(9-10-31-4)21(29)16-7-5-15(6-8-16)20-24-14(3)12-32-20/h5-8,12-13H,9-11,23H2,1-4H3,(H,25,28,30). The quantitative estimate of drug-likeness (QED) is 0.536. The number of aromatic amines is 1. The van der Waals surface area contributed by atoms with Gasteiger partial charge in [0.25, 0.3) is 11.5 Å². The summed E-state index contributed by atoms with van der Waals surface area (Å²) in [6.07, 6.45) is 0. The molecule has 0 radical (unpaired) electrons. The van der Waals surface area contributed by atoms with E-state index in [1.807, 2.05) is 38.3 Å². The Morgan fingerprint density at radius 2 is 1.97 bits per heavy atom. The van der Waals surface area contributed by atoms with Crippen LogP contribution >= 0.6 is 11.3 Å². The average molecular weight is 458 g/mol. The second kappa shape index (κ2) is 9.92. The Kier molecular flexibility index (Phi) is 7.26. The van der Waals surface area contributed by atoms with Crippen molar-refractivity contribution in [3.63, 3.8) is 0 Å². The van der Waals surface area contributed by atoms with E-state index in [4.69, 9.17) is 10.5 Å². The molecule has 9 nitrogen and oxygen atoms in total. The van der Waals surface area contributed by atoms with Gasteiger partial charge in [0.15, 0.2) is 5.69 Å². The minimum Gasteiger partial charge on any atom is -0.383 e. The Morgan fingerprint density at radius 3 is 2.53 bits per heavy atom. The van der Waals surface area contributed by atoms with Crippen LogP contribution in [-0.4, -0.2) is 40.7 Å². The number of hydrogen-bond acceptors (Lipinski definition) is 7. The van der Waals surface area contributed by atoms with Crippen molar-refractivity contribution in [2.24, 2.45) is 5.92 Å². The van der Waals surface area contributed by atoms with Crippen LogP contribution in [0.5, 0.6) is 0 Å². The topological polar surface area (TPSA) is 123 Å². The highest BCUT2D eigenvalue weighted by molar-refractivity contribution is 7.13. The summed E-state index contributed by atoms with van der Waals surface area (Å²) in [6.45, 7) is 6.36. The van der Waals surface area contributed by atoms with Crippen molar-refractivity contribution in [1.82, 2.24) is 14.5 Å². The molecule has 0 unspecified atom stereocenters. The van der Waals surface area contributed by atoms with Gasteiger partial charge in [-0.2, -0.15) is 0 Å². The van der Waals surface area contributed by atoms with Gasteiger partial charge >= 0.3 is 5.69 Å². The predicted octanol–water partition coefficient (Wildman–Crippen LogP) is 2.50. The lowest BCUT2D eigenvalue weighted by molar-refractivity contribution is 0.0975. The van der Waals surface area contributed by atoms with Gasteiger partial charge < -0.3 is 10.5 Å². The number of aromatic nitrogens is 3. The zero-order valence-electron chi connectivity index (χ0n) is 18.5. The minimum absolute atomic E-state index is 0.0493. The van der Waals surface area contributed by atoms with Crippen LogP contribution in [0.3, 0.4) is 0 Å². The lowest BCUT2D eigenvalue weighted by atomic mass is 10.1. The minimum atomic E-state index is -0.716.